The van der Waals surface area contributed by atoms with Gasteiger partial charge in [-0.05, 0) is 49.1 Å². The highest BCUT2D eigenvalue weighted by Gasteiger charge is 2.62. The lowest BCUT2D eigenvalue weighted by molar-refractivity contribution is -0.153. The summed E-state index contributed by atoms with van der Waals surface area (Å²) in [7, 11) is 2.01. The molecular formula is C30H28N2O3. The normalized spacial score (nSPS) is 22.7. The van der Waals surface area contributed by atoms with Crippen LogP contribution in [0.5, 0.6) is 0 Å². The van der Waals surface area contributed by atoms with Gasteiger partial charge in [-0.1, -0.05) is 66.2 Å². The Bertz CT molecular complexity index is 1480. The molecule has 6 rings (SSSR count). The first kappa shape index (κ1) is 21.7. The number of hydrogen-bond acceptors (Lipinski definition) is 3. The molecule has 0 saturated heterocycles. The molecule has 1 N–H and O–H groups in total. The fraction of sp³-hybridized carbons (Fsp3) is 0.267. The van der Waals surface area contributed by atoms with Gasteiger partial charge in [0.25, 0.3) is 0 Å². The summed E-state index contributed by atoms with van der Waals surface area (Å²) >= 11 is 0. The Labute approximate surface area is 204 Å². The average Bonchev–Trinajstić information content (AvgIpc) is 3.33. The van der Waals surface area contributed by atoms with E-state index in [1.807, 2.05) is 50.4 Å². The van der Waals surface area contributed by atoms with Crippen LogP contribution in [0.2, 0.25) is 0 Å². The molecule has 4 aromatic rings. The Morgan fingerprint density at radius 1 is 1.06 bits per heavy atom. The highest BCUT2D eigenvalue weighted by Crippen LogP contribution is 2.58. The number of aromatic nitrogens is 1. The van der Waals surface area contributed by atoms with E-state index < -0.39 is 11.3 Å². The number of anilines is 1. The molecule has 1 aliphatic carbocycles. The Morgan fingerprint density at radius 2 is 1.77 bits per heavy atom. The zero-order chi connectivity index (χ0) is 24.3. The molecule has 0 unspecified atom stereocenters. The Morgan fingerprint density at radius 3 is 2.54 bits per heavy atom. The second-order valence-electron chi connectivity index (χ2n) is 9.65. The number of para-hydroxylation sites is 2. The maximum atomic E-state index is 14.1. The zero-order valence-corrected chi connectivity index (χ0v) is 20.2. The second-order valence-corrected chi connectivity index (χ2v) is 9.65. The smallest absolute Gasteiger partial charge is 0.310 e. The largest absolute Gasteiger partial charge is 0.466 e. The standard InChI is InChI=1S/C30H28N2O3/c1-4-35-28(33)23-17-21(19-15-13-18(2)14-16-19)26-20-9-5-8-12-25(20)32(3)27(26)30(23)22-10-6-7-11-24(22)31-29(30)34/h5-16,21,23H,4,17H2,1-3H3,(H,31,34)/t21-,23+,30-/m0/s1. The van der Waals surface area contributed by atoms with Gasteiger partial charge in [-0.2, -0.15) is 0 Å². The van der Waals surface area contributed by atoms with Gasteiger partial charge in [0.1, 0.15) is 5.41 Å². The molecule has 3 aromatic carbocycles. The van der Waals surface area contributed by atoms with E-state index in [4.69, 9.17) is 4.74 Å². The van der Waals surface area contributed by atoms with Gasteiger partial charge in [0.15, 0.2) is 0 Å². The molecule has 35 heavy (non-hydrogen) atoms. The molecular weight excluding hydrogens is 436 g/mol. The fourth-order valence-corrected chi connectivity index (χ4v) is 6.43. The summed E-state index contributed by atoms with van der Waals surface area (Å²) in [5, 5.41) is 4.22. The van der Waals surface area contributed by atoms with Crippen LogP contribution < -0.4 is 5.32 Å². The van der Waals surface area contributed by atoms with E-state index in [9.17, 15) is 9.59 Å². The van der Waals surface area contributed by atoms with E-state index in [1.54, 1.807) is 0 Å². The number of nitrogens with zero attached hydrogens (tertiary/aromatic N) is 1. The van der Waals surface area contributed by atoms with Gasteiger partial charge in [-0.25, -0.2) is 0 Å². The van der Waals surface area contributed by atoms with Crippen LogP contribution in [0.4, 0.5) is 5.69 Å². The lowest BCUT2D eigenvalue weighted by Crippen LogP contribution is -2.51. The van der Waals surface area contributed by atoms with E-state index in [0.717, 1.165) is 39.0 Å². The first-order chi connectivity index (χ1) is 17.0. The summed E-state index contributed by atoms with van der Waals surface area (Å²) in [5.41, 5.74) is 5.84. The number of hydrogen-bond donors (Lipinski definition) is 1. The molecule has 1 aromatic heterocycles. The Balaban J connectivity index is 1.74. The van der Waals surface area contributed by atoms with Gasteiger partial charge < -0.3 is 14.6 Å². The van der Waals surface area contributed by atoms with Crippen molar-refractivity contribution in [2.75, 3.05) is 11.9 Å². The first-order valence-corrected chi connectivity index (χ1v) is 12.2. The molecule has 1 spiro atoms. The topological polar surface area (TPSA) is 60.3 Å². The van der Waals surface area contributed by atoms with Gasteiger partial charge in [0, 0.05) is 35.2 Å². The number of aryl methyl sites for hydroxylation is 2. The summed E-state index contributed by atoms with van der Waals surface area (Å²) in [6.45, 7) is 4.16. The number of carbonyl (C=O) groups excluding carboxylic acids is 2. The SMILES string of the molecule is CCOC(=O)[C@H]1C[C@@H](c2ccc(C)cc2)c2c(n(C)c3ccccc23)[C@@]12C(=O)Nc1ccccc12. The quantitative estimate of drug-likeness (QED) is 0.411. The van der Waals surface area contributed by atoms with E-state index in [-0.39, 0.29) is 24.4 Å². The molecule has 0 fully saturated rings. The maximum absolute atomic E-state index is 14.1. The van der Waals surface area contributed by atoms with Gasteiger partial charge >= 0.3 is 5.97 Å². The highest BCUT2D eigenvalue weighted by atomic mass is 16.5. The van der Waals surface area contributed by atoms with Crippen molar-refractivity contribution < 1.29 is 14.3 Å². The minimum atomic E-state index is -1.16. The first-order valence-electron chi connectivity index (χ1n) is 12.2. The predicted octanol–water partition coefficient (Wildman–Crippen LogP) is 5.44. The summed E-state index contributed by atoms with van der Waals surface area (Å²) in [6, 6.07) is 24.6. The Kier molecular flexibility index (Phi) is 4.85. The average molecular weight is 465 g/mol. The summed E-state index contributed by atoms with van der Waals surface area (Å²) in [6.07, 6.45) is 0.491. The van der Waals surface area contributed by atoms with Crippen molar-refractivity contribution in [1.29, 1.82) is 0 Å². The third-order valence-corrected chi connectivity index (χ3v) is 7.87. The number of benzene rings is 3. The minimum absolute atomic E-state index is 0.0442. The highest BCUT2D eigenvalue weighted by molar-refractivity contribution is 6.12. The Hall–Kier alpha value is -3.86. The van der Waals surface area contributed by atoms with Crippen LogP contribution in [0.3, 0.4) is 0 Å². The molecule has 0 saturated carbocycles. The molecule has 3 atom stereocenters. The lowest BCUT2D eigenvalue weighted by atomic mass is 9.59. The van der Waals surface area contributed by atoms with Gasteiger partial charge in [-0.3, -0.25) is 9.59 Å². The molecule has 2 heterocycles. The van der Waals surface area contributed by atoms with Gasteiger partial charge in [0.05, 0.1) is 12.5 Å². The zero-order valence-electron chi connectivity index (χ0n) is 20.2. The van der Waals surface area contributed by atoms with Crippen LogP contribution in [-0.4, -0.2) is 23.1 Å². The summed E-state index contributed by atoms with van der Waals surface area (Å²) in [4.78, 5) is 27.7. The number of ether oxygens (including phenoxy) is 1. The monoisotopic (exact) mass is 464 g/mol. The van der Waals surface area contributed by atoms with Crippen LogP contribution in [-0.2, 0) is 26.8 Å². The summed E-state index contributed by atoms with van der Waals surface area (Å²) in [5.74, 6) is -1.19. The van der Waals surface area contributed by atoms with Gasteiger partial charge in [-0.15, -0.1) is 0 Å². The van der Waals surface area contributed by atoms with Crippen LogP contribution in [0, 0.1) is 12.8 Å². The van der Waals surface area contributed by atoms with E-state index in [1.165, 1.54) is 5.56 Å². The van der Waals surface area contributed by atoms with Crippen molar-refractivity contribution in [3.8, 4) is 0 Å². The molecule has 176 valence electrons. The lowest BCUT2D eigenvalue weighted by Gasteiger charge is -2.42. The number of carbonyl (C=O) groups is 2. The number of nitrogens with one attached hydrogen (secondary N) is 1. The second kappa shape index (κ2) is 7.84. The number of rotatable bonds is 3. The number of fused-ring (bicyclic) bond motifs is 6. The number of esters is 1. The molecule has 1 aliphatic heterocycles. The third kappa shape index (κ3) is 2.87. The van der Waals surface area contributed by atoms with Crippen LogP contribution in [0.25, 0.3) is 10.9 Å². The van der Waals surface area contributed by atoms with Crippen molar-refractivity contribution in [1.82, 2.24) is 4.57 Å². The van der Waals surface area contributed by atoms with E-state index in [2.05, 4.69) is 53.2 Å². The molecule has 5 heteroatoms. The van der Waals surface area contributed by atoms with E-state index in [0.29, 0.717) is 6.42 Å². The summed E-state index contributed by atoms with van der Waals surface area (Å²) < 4.78 is 7.76. The van der Waals surface area contributed by atoms with Crippen LogP contribution >= 0.6 is 0 Å². The molecule has 0 bridgehead atoms. The fourth-order valence-electron chi connectivity index (χ4n) is 6.43. The minimum Gasteiger partial charge on any atom is -0.466 e. The van der Waals surface area contributed by atoms with Crippen LogP contribution in [0.15, 0.2) is 72.8 Å². The van der Waals surface area contributed by atoms with Crippen molar-refractivity contribution in [2.24, 2.45) is 13.0 Å². The molecule has 0 radical (unpaired) electrons. The van der Waals surface area contributed by atoms with Crippen LogP contribution in [0.1, 0.15) is 47.2 Å². The van der Waals surface area contributed by atoms with Crippen molar-refractivity contribution >= 4 is 28.5 Å². The maximum Gasteiger partial charge on any atom is 0.310 e. The van der Waals surface area contributed by atoms with Crippen molar-refractivity contribution in [3.63, 3.8) is 0 Å². The van der Waals surface area contributed by atoms with Crippen molar-refractivity contribution in [3.05, 3.63) is 101 Å². The molecule has 1 amide bonds. The predicted molar refractivity (Wildman–Crippen MR) is 137 cm³/mol. The molecule has 5 nitrogen and oxygen atoms in total. The van der Waals surface area contributed by atoms with Gasteiger partial charge in [0.2, 0.25) is 5.91 Å². The molecule has 2 aliphatic rings. The van der Waals surface area contributed by atoms with Crippen molar-refractivity contribution in [2.45, 2.75) is 31.6 Å². The third-order valence-electron chi connectivity index (χ3n) is 7.87. The van der Waals surface area contributed by atoms with E-state index >= 15 is 0 Å². The number of amides is 1.